The van der Waals surface area contributed by atoms with Gasteiger partial charge in [-0.15, -0.1) is 0 Å². The molecule has 2 N–H and O–H groups in total. The minimum absolute atomic E-state index is 0.0625. The molecular weight excluding hydrogens is 290 g/mol. The minimum atomic E-state index is -0.142. The van der Waals surface area contributed by atoms with Gasteiger partial charge in [-0.2, -0.15) is 0 Å². The number of amides is 3. The Balaban J connectivity index is 1.53. The number of carbonyl (C=O) groups excluding carboxylic acids is 2. The Morgan fingerprint density at radius 3 is 2.61 bits per heavy atom. The van der Waals surface area contributed by atoms with E-state index in [0.29, 0.717) is 18.9 Å². The molecule has 0 spiro atoms. The second kappa shape index (κ2) is 7.02. The van der Waals surface area contributed by atoms with Crippen LogP contribution in [0.3, 0.4) is 0 Å². The number of nitrogens with zero attached hydrogens (tertiary/aromatic N) is 1. The Kier molecular flexibility index (Phi) is 4.84. The number of urea groups is 1. The molecule has 1 aliphatic heterocycles. The molecule has 3 atom stereocenters. The number of hydrogen-bond acceptors (Lipinski definition) is 2. The molecule has 124 valence electrons. The van der Waals surface area contributed by atoms with Crippen molar-refractivity contribution in [3.8, 4) is 0 Å². The van der Waals surface area contributed by atoms with Crippen molar-refractivity contribution < 1.29 is 9.59 Å². The van der Waals surface area contributed by atoms with Crippen LogP contribution in [0.1, 0.15) is 39.0 Å². The lowest BCUT2D eigenvalue weighted by Crippen LogP contribution is -2.49. The lowest BCUT2D eigenvalue weighted by molar-refractivity contribution is -0.117. The smallest absolute Gasteiger partial charge is 0.315 e. The number of para-hydroxylation sites is 1. The Morgan fingerprint density at radius 1 is 1.13 bits per heavy atom. The predicted octanol–water partition coefficient (Wildman–Crippen LogP) is 2.67. The third-order valence-electron chi connectivity index (χ3n) is 4.96. The van der Waals surface area contributed by atoms with Crippen LogP contribution in [0.5, 0.6) is 0 Å². The predicted molar refractivity (Wildman–Crippen MR) is 90.3 cm³/mol. The van der Waals surface area contributed by atoms with E-state index in [1.165, 1.54) is 19.3 Å². The molecule has 2 aliphatic rings. The normalized spacial score (nSPS) is 27.8. The zero-order valence-corrected chi connectivity index (χ0v) is 13.6. The lowest BCUT2D eigenvalue weighted by Gasteiger charge is -2.30. The van der Waals surface area contributed by atoms with Gasteiger partial charge >= 0.3 is 6.03 Å². The van der Waals surface area contributed by atoms with Crippen LogP contribution in [0.25, 0.3) is 0 Å². The molecule has 5 heteroatoms. The van der Waals surface area contributed by atoms with Gasteiger partial charge < -0.3 is 15.5 Å². The van der Waals surface area contributed by atoms with Crippen LogP contribution in [0, 0.1) is 5.92 Å². The van der Waals surface area contributed by atoms with Crippen molar-refractivity contribution >= 4 is 17.6 Å². The maximum Gasteiger partial charge on any atom is 0.315 e. The first-order valence-corrected chi connectivity index (χ1v) is 8.56. The summed E-state index contributed by atoms with van der Waals surface area (Å²) < 4.78 is 0. The second-order valence-electron chi connectivity index (χ2n) is 6.73. The topological polar surface area (TPSA) is 61.4 Å². The molecule has 5 nitrogen and oxygen atoms in total. The first-order valence-electron chi connectivity index (χ1n) is 8.56. The van der Waals surface area contributed by atoms with Crippen molar-refractivity contribution in [3.63, 3.8) is 0 Å². The van der Waals surface area contributed by atoms with E-state index in [4.69, 9.17) is 0 Å². The summed E-state index contributed by atoms with van der Waals surface area (Å²) in [5, 5.41) is 6.05. The van der Waals surface area contributed by atoms with E-state index in [9.17, 15) is 9.59 Å². The maximum absolute atomic E-state index is 12.2. The van der Waals surface area contributed by atoms with Gasteiger partial charge in [-0.25, -0.2) is 4.79 Å². The van der Waals surface area contributed by atoms with Crippen molar-refractivity contribution in [1.82, 2.24) is 10.6 Å². The van der Waals surface area contributed by atoms with Gasteiger partial charge in [0, 0.05) is 24.7 Å². The van der Waals surface area contributed by atoms with Gasteiger partial charge in [0.2, 0.25) is 5.91 Å². The van der Waals surface area contributed by atoms with E-state index in [-0.39, 0.29) is 24.0 Å². The van der Waals surface area contributed by atoms with Crippen molar-refractivity contribution in [2.45, 2.75) is 51.1 Å². The monoisotopic (exact) mass is 315 g/mol. The quantitative estimate of drug-likeness (QED) is 0.901. The molecule has 1 aliphatic carbocycles. The Hall–Kier alpha value is -2.04. The summed E-state index contributed by atoms with van der Waals surface area (Å²) >= 11 is 0. The fraction of sp³-hybridized carbons (Fsp3) is 0.556. The first-order chi connectivity index (χ1) is 11.1. The SMILES string of the molecule is C[C@H]1CCCC[C@@H]1NC(=O)N[C@@H]1CC(=O)N(c2ccccc2)C1. The van der Waals surface area contributed by atoms with Crippen LogP contribution in [-0.2, 0) is 4.79 Å². The number of benzene rings is 1. The summed E-state index contributed by atoms with van der Waals surface area (Å²) in [6.45, 7) is 2.73. The van der Waals surface area contributed by atoms with Gasteiger partial charge in [0.1, 0.15) is 0 Å². The third kappa shape index (κ3) is 3.84. The Labute approximate surface area is 137 Å². The van der Waals surface area contributed by atoms with Crippen molar-refractivity contribution in [3.05, 3.63) is 30.3 Å². The second-order valence-corrected chi connectivity index (χ2v) is 6.73. The molecule has 2 fully saturated rings. The molecular formula is C18H25N3O2. The van der Waals surface area contributed by atoms with Crippen molar-refractivity contribution in [2.75, 3.05) is 11.4 Å². The van der Waals surface area contributed by atoms with Crippen molar-refractivity contribution in [2.24, 2.45) is 5.92 Å². The van der Waals surface area contributed by atoms with E-state index in [2.05, 4.69) is 17.6 Å². The van der Waals surface area contributed by atoms with Gasteiger partial charge in [-0.1, -0.05) is 38.0 Å². The Bertz CT molecular complexity index is 561. The van der Waals surface area contributed by atoms with Gasteiger partial charge in [-0.05, 0) is 30.9 Å². The highest BCUT2D eigenvalue weighted by molar-refractivity contribution is 5.96. The summed E-state index contributed by atoms with van der Waals surface area (Å²) in [5.74, 6) is 0.591. The molecule has 0 unspecified atom stereocenters. The lowest BCUT2D eigenvalue weighted by atomic mass is 9.86. The fourth-order valence-corrected chi connectivity index (χ4v) is 3.59. The maximum atomic E-state index is 12.2. The number of anilines is 1. The number of nitrogens with one attached hydrogen (secondary N) is 2. The molecule has 0 aromatic heterocycles. The van der Waals surface area contributed by atoms with Crippen LogP contribution in [0.2, 0.25) is 0 Å². The van der Waals surface area contributed by atoms with Crippen LogP contribution in [-0.4, -0.2) is 30.6 Å². The fourth-order valence-electron chi connectivity index (χ4n) is 3.59. The zero-order chi connectivity index (χ0) is 16.2. The molecule has 1 saturated carbocycles. The highest BCUT2D eigenvalue weighted by Gasteiger charge is 2.32. The molecule has 0 bridgehead atoms. The summed E-state index contributed by atoms with van der Waals surface area (Å²) in [5.41, 5.74) is 0.892. The van der Waals surface area contributed by atoms with Gasteiger partial charge in [-0.3, -0.25) is 4.79 Å². The molecule has 3 rings (SSSR count). The number of carbonyl (C=O) groups is 2. The number of hydrogen-bond donors (Lipinski definition) is 2. The van der Waals surface area contributed by atoms with E-state index >= 15 is 0 Å². The molecule has 0 radical (unpaired) electrons. The molecule has 1 heterocycles. The number of rotatable bonds is 3. The Morgan fingerprint density at radius 2 is 1.87 bits per heavy atom. The van der Waals surface area contributed by atoms with Gasteiger partial charge in [0.15, 0.2) is 0 Å². The van der Waals surface area contributed by atoms with Crippen LogP contribution in [0.15, 0.2) is 30.3 Å². The zero-order valence-electron chi connectivity index (χ0n) is 13.6. The largest absolute Gasteiger partial charge is 0.335 e. The minimum Gasteiger partial charge on any atom is -0.335 e. The van der Waals surface area contributed by atoms with E-state index in [1.54, 1.807) is 4.90 Å². The van der Waals surface area contributed by atoms with E-state index in [1.807, 2.05) is 30.3 Å². The van der Waals surface area contributed by atoms with Gasteiger partial charge in [0.05, 0.1) is 6.04 Å². The van der Waals surface area contributed by atoms with E-state index in [0.717, 1.165) is 12.1 Å². The average molecular weight is 315 g/mol. The third-order valence-corrected chi connectivity index (χ3v) is 4.96. The summed E-state index contributed by atoms with van der Waals surface area (Å²) in [4.78, 5) is 26.1. The van der Waals surface area contributed by atoms with Crippen molar-refractivity contribution in [1.29, 1.82) is 0 Å². The standard InChI is InChI=1S/C18H25N3O2/c1-13-7-5-6-10-16(13)20-18(23)19-14-11-17(22)21(12-14)15-8-3-2-4-9-15/h2-4,8-9,13-14,16H,5-7,10-12H2,1H3,(H2,19,20,23)/t13-,14+,16-/m0/s1. The van der Waals surface area contributed by atoms with Crippen LogP contribution < -0.4 is 15.5 Å². The average Bonchev–Trinajstić information content (AvgIpc) is 2.91. The molecule has 1 saturated heterocycles. The molecule has 23 heavy (non-hydrogen) atoms. The molecule has 3 amide bonds. The highest BCUT2D eigenvalue weighted by Crippen LogP contribution is 2.24. The van der Waals surface area contributed by atoms with Crippen LogP contribution >= 0.6 is 0 Å². The highest BCUT2D eigenvalue weighted by atomic mass is 16.2. The first kappa shape index (κ1) is 15.8. The molecule has 1 aromatic carbocycles. The summed E-state index contributed by atoms with van der Waals surface area (Å²) in [6.07, 6.45) is 5.02. The van der Waals surface area contributed by atoms with E-state index < -0.39 is 0 Å². The summed E-state index contributed by atoms with van der Waals surface area (Å²) in [7, 11) is 0. The summed E-state index contributed by atoms with van der Waals surface area (Å²) in [6, 6.07) is 9.59. The van der Waals surface area contributed by atoms with Gasteiger partial charge in [0.25, 0.3) is 0 Å². The molecule has 1 aromatic rings. The van der Waals surface area contributed by atoms with Crippen LogP contribution in [0.4, 0.5) is 10.5 Å².